The highest BCUT2D eigenvalue weighted by Crippen LogP contribution is 2.25. The number of halogens is 1. The molecule has 0 radical (unpaired) electrons. The molecule has 5 heteroatoms. The predicted molar refractivity (Wildman–Crippen MR) is 105 cm³/mol. The van der Waals surface area contributed by atoms with Crippen LogP contribution >= 0.6 is 11.6 Å². The lowest BCUT2D eigenvalue weighted by Crippen LogP contribution is -2.31. The van der Waals surface area contributed by atoms with Gasteiger partial charge in [0.05, 0.1) is 5.52 Å². The molecule has 134 valence electrons. The molecule has 0 saturated carbocycles. The molecule has 0 fully saturated rings. The fourth-order valence-corrected chi connectivity index (χ4v) is 3.77. The second-order valence-electron chi connectivity index (χ2n) is 7.10. The molecule has 26 heavy (non-hydrogen) atoms. The maximum Gasteiger partial charge on any atom is 0.134 e. The molecule has 3 aromatic rings. The van der Waals surface area contributed by atoms with Gasteiger partial charge >= 0.3 is 0 Å². The van der Waals surface area contributed by atoms with Crippen LogP contribution in [0.3, 0.4) is 0 Å². The van der Waals surface area contributed by atoms with E-state index in [0.717, 1.165) is 61.2 Å². The van der Waals surface area contributed by atoms with Gasteiger partial charge < -0.3 is 0 Å². The third-order valence-electron chi connectivity index (χ3n) is 4.93. The number of hydrogen-bond donors (Lipinski definition) is 0. The molecular weight excluding hydrogens is 344 g/mol. The summed E-state index contributed by atoms with van der Waals surface area (Å²) in [4.78, 5) is 16.2. The molecule has 4 rings (SSSR count). The third-order valence-corrected chi connectivity index (χ3v) is 5.25. The highest BCUT2D eigenvalue weighted by atomic mass is 35.5. The van der Waals surface area contributed by atoms with Gasteiger partial charge in [-0.1, -0.05) is 30.2 Å². The van der Waals surface area contributed by atoms with Crippen molar-refractivity contribution in [2.45, 2.75) is 46.2 Å². The van der Waals surface area contributed by atoms with Crippen LogP contribution in [0.5, 0.6) is 0 Å². The van der Waals surface area contributed by atoms with Crippen molar-refractivity contribution in [3.63, 3.8) is 0 Å². The van der Waals surface area contributed by atoms with Crippen LogP contribution in [0, 0.1) is 6.92 Å². The minimum absolute atomic E-state index is 0.599. The average Bonchev–Trinajstić information content (AvgIpc) is 2.63. The van der Waals surface area contributed by atoms with Gasteiger partial charge in [-0.25, -0.2) is 15.0 Å². The van der Waals surface area contributed by atoms with Crippen molar-refractivity contribution in [2.24, 2.45) is 0 Å². The first-order valence-corrected chi connectivity index (χ1v) is 9.62. The highest BCUT2D eigenvalue weighted by Gasteiger charge is 2.19. The van der Waals surface area contributed by atoms with E-state index >= 15 is 0 Å². The molecule has 1 aromatic carbocycles. The van der Waals surface area contributed by atoms with E-state index < -0.39 is 0 Å². The Labute approximate surface area is 159 Å². The van der Waals surface area contributed by atoms with E-state index in [1.165, 1.54) is 16.8 Å². The van der Waals surface area contributed by atoms with E-state index in [-0.39, 0.29) is 0 Å². The first-order chi connectivity index (χ1) is 12.6. The molecule has 0 amide bonds. The van der Waals surface area contributed by atoms with Crippen LogP contribution in [0.4, 0.5) is 0 Å². The van der Waals surface area contributed by atoms with E-state index in [1.807, 2.05) is 12.3 Å². The normalized spacial score (nSPS) is 14.6. The van der Waals surface area contributed by atoms with E-state index in [9.17, 15) is 0 Å². The van der Waals surface area contributed by atoms with Gasteiger partial charge in [0.25, 0.3) is 0 Å². The number of nitrogens with zero attached hydrogens (tertiary/aromatic N) is 4. The summed E-state index contributed by atoms with van der Waals surface area (Å²) in [6.07, 6.45) is 5.00. The minimum atomic E-state index is 0.599. The Morgan fingerprint density at radius 1 is 1.19 bits per heavy atom. The van der Waals surface area contributed by atoms with Crippen molar-refractivity contribution in [2.75, 3.05) is 6.54 Å². The number of benzene rings is 1. The van der Waals surface area contributed by atoms with Crippen molar-refractivity contribution in [1.29, 1.82) is 0 Å². The van der Waals surface area contributed by atoms with Gasteiger partial charge in [0, 0.05) is 60.9 Å². The van der Waals surface area contributed by atoms with Crippen molar-refractivity contribution in [1.82, 2.24) is 19.9 Å². The fourth-order valence-electron chi connectivity index (χ4n) is 3.56. The van der Waals surface area contributed by atoms with Gasteiger partial charge in [-0.2, -0.15) is 0 Å². The standard InChI is InChI=1S/C21H23ClN4/c1-3-4-20-23-11-17-13-26(8-7-19(17)24-20)12-16-10-15-9-14(2)5-6-18(15)25-21(16)22/h5-6,9-11H,3-4,7-8,12-13H2,1-2H3. The third kappa shape index (κ3) is 3.57. The SMILES string of the molecule is CCCc1ncc2c(n1)CCN(Cc1cc3cc(C)ccc3nc1Cl)C2. The molecular formula is C21H23ClN4. The molecule has 0 atom stereocenters. The Kier molecular flexibility index (Phi) is 4.88. The van der Waals surface area contributed by atoms with Crippen LogP contribution in [-0.2, 0) is 25.9 Å². The van der Waals surface area contributed by atoms with Crippen molar-refractivity contribution < 1.29 is 0 Å². The molecule has 1 aliphatic heterocycles. The molecule has 1 aliphatic rings. The number of aryl methyl sites for hydroxylation is 2. The Morgan fingerprint density at radius 2 is 2.08 bits per heavy atom. The zero-order valence-corrected chi connectivity index (χ0v) is 16.1. The number of pyridine rings is 1. The second kappa shape index (κ2) is 7.29. The zero-order chi connectivity index (χ0) is 18.1. The maximum absolute atomic E-state index is 6.46. The van der Waals surface area contributed by atoms with E-state index in [4.69, 9.17) is 16.6 Å². The second-order valence-corrected chi connectivity index (χ2v) is 7.46. The smallest absolute Gasteiger partial charge is 0.134 e. The maximum atomic E-state index is 6.46. The Balaban J connectivity index is 1.55. The fraction of sp³-hybridized carbons (Fsp3) is 0.381. The summed E-state index contributed by atoms with van der Waals surface area (Å²) in [6, 6.07) is 8.44. The summed E-state index contributed by atoms with van der Waals surface area (Å²) in [6.45, 7) is 6.91. The summed E-state index contributed by atoms with van der Waals surface area (Å²) < 4.78 is 0. The van der Waals surface area contributed by atoms with Gasteiger partial charge in [0.1, 0.15) is 11.0 Å². The number of rotatable bonds is 4. The summed E-state index contributed by atoms with van der Waals surface area (Å²) >= 11 is 6.46. The van der Waals surface area contributed by atoms with Crippen LogP contribution in [-0.4, -0.2) is 26.4 Å². The Hall–Kier alpha value is -2.04. The van der Waals surface area contributed by atoms with Gasteiger partial charge in [0.2, 0.25) is 0 Å². The molecule has 0 N–H and O–H groups in total. The molecule has 3 heterocycles. The number of aromatic nitrogens is 3. The average molecular weight is 367 g/mol. The highest BCUT2D eigenvalue weighted by molar-refractivity contribution is 6.30. The van der Waals surface area contributed by atoms with Crippen molar-refractivity contribution in [3.8, 4) is 0 Å². The molecule has 0 unspecified atom stereocenters. The molecule has 2 aromatic heterocycles. The molecule has 0 aliphatic carbocycles. The lowest BCUT2D eigenvalue weighted by molar-refractivity contribution is 0.242. The number of hydrogen-bond acceptors (Lipinski definition) is 4. The lowest BCUT2D eigenvalue weighted by atomic mass is 10.1. The summed E-state index contributed by atoms with van der Waals surface area (Å²) in [5, 5.41) is 1.75. The van der Waals surface area contributed by atoms with Crippen LogP contribution < -0.4 is 0 Å². The monoisotopic (exact) mass is 366 g/mol. The molecule has 0 saturated heterocycles. The largest absolute Gasteiger partial charge is 0.294 e. The first-order valence-electron chi connectivity index (χ1n) is 9.24. The summed E-state index contributed by atoms with van der Waals surface area (Å²) in [5.74, 6) is 0.969. The van der Waals surface area contributed by atoms with E-state index in [2.05, 4.69) is 46.9 Å². The molecule has 0 bridgehead atoms. The topological polar surface area (TPSA) is 41.9 Å². The van der Waals surface area contributed by atoms with Crippen molar-refractivity contribution in [3.05, 3.63) is 63.8 Å². The lowest BCUT2D eigenvalue weighted by Gasteiger charge is -2.28. The van der Waals surface area contributed by atoms with Gasteiger partial charge in [-0.05, 0) is 31.5 Å². The zero-order valence-electron chi connectivity index (χ0n) is 15.3. The minimum Gasteiger partial charge on any atom is -0.294 e. The quantitative estimate of drug-likeness (QED) is 0.637. The van der Waals surface area contributed by atoms with Crippen LogP contribution in [0.15, 0.2) is 30.5 Å². The van der Waals surface area contributed by atoms with Gasteiger partial charge in [-0.3, -0.25) is 4.90 Å². The van der Waals surface area contributed by atoms with E-state index in [0.29, 0.717) is 5.15 Å². The summed E-state index contributed by atoms with van der Waals surface area (Å²) in [5.41, 5.74) is 5.70. The van der Waals surface area contributed by atoms with Gasteiger partial charge in [0.15, 0.2) is 0 Å². The first kappa shape index (κ1) is 17.4. The summed E-state index contributed by atoms with van der Waals surface area (Å²) in [7, 11) is 0. The van der Waals surface area contributed by atoms with E-state index in [1.54, 1.807) is 0 Å². The number of fused-ring (bicyclic) bond motifs is 2. The molecule has 0 spiro atoms. The Morgan fingerprint density at radius 3 is 2.92 bits per heavy atom. The Bertz CT molecular complexity index is 954. The predicted octanol–water partition coefficient (Wildman–Crippen LogP) is 4.50. The van der Waals surface area contributed by atoms with Crippen LogP contribution in [0.25, 0.3) is 10.9 Å². The molecule has 4 nitrogen and oxygen atoms in total. The van der Waals surface area contributed by atoms with Crippen LogP contribution in [0.1, 0.15) is 41.6 Å². The van der Waals surface area contributed by atoms with Crippen molar-refractivity contribution >= 4 is 22.5 Å². The van der Waals surface area contributed by atoms with Gasteiger partial charge in [-0.15, -0.1) is 0 Å². The van der Waals surface area contributed by atoms with Crippen LogP contribution in [0.2, 0.25) is 5.15 Å².